The quantitative estimate of drug-likeness (QED) is 0.711. The Morgan fingerprint density at radius 2 is 1.78 bits per heavy atom. The van der Waals surface area contributed by atoms with Crippen LogP contribution in [0.3, 0.4) is 0 Å². The van der Waals surface area contributed by atoms with Crippen molar-refractivity contribution in [3.8, 4) is 5.75 Å². The van der Waals surface area contributed by atoms with E-state index in [0.29, 0.717) is 12.6 Å². The van der Waals surface area contributed by atoms with Crippen LogP contribution in [0.15, 0.2) is 48.5 Å². The summed E-state index contributed by atoms with van der Waals surface area (Å²) in [7, 11) is 0. The molecule has 3 heteroatoms. The first-order valence-corrected chi connectivity index (χ1v) is 10.1. The highest BCUT2D eigenvalue weighted by Gasteiger charge is 2.16. The van der Waals surface area contributed by atoms with Gasteiger partial charge in [0.15, 0.2) is 0 Å². The molecule has 0 aliphatic carbocycles. The highest BCUT2D eigenvalue weighted by Crippen LogP contribution is 2.23. The molecule has 1 heterocycles. The minimum absolute atomic E-state index is 0.201. The van der Waals surface area contributed by atoms with E-state index >= 15 is 0 Å². The maximum atomic E-state index is 5.85. The Morgan fingerprint density at radius 3 is 2.37 bits per heavy atom. The maximum absolute atomic E-state index is 5.85. The lowest BCUT2D eigenvalue weighted by molar-refractivity contribution is 0.0679. The molecule has 1 saturated heterocycles. The van der Waals surface area contributed by atoms with Crippen molar-refractivity contribution in [2.45, 2.75) is 64.6 Å². The van der Waals surface area contributed by atoms with Crippen LogP contribution in [0.5, 0.6) is 5.75 Å². The van der Waals surface area contributed by atoms with E-state index in [2.05, 4.69) is 81.5 Å². The topological polar surface area (TPSA) is 30.5 Å². The second kappa shape index (κ2) is 8.90. The molecule has 146 valence electrons. The van der Waals surface area contributed by atoms with Gasteiger partial charge in [-0.2, -0.15) is 0 Å². The zero-order chi connectivity index (χ0) is 19.3. The fourth-order valence-corrected chi connectivity index (χ4v) is 3.33. The summed E-state index contributed by atoms with van der Waals surface area (Å²) in [6, 6.07) is 17.6. The summed E-state index contributed by atoms with van der Waals surface area (Å²) in [6.45, 7) is 11.3. The normalized spacial score (nSPS) is 18.4. The number of rotatable bonds is 7. The standard InChI is InChI=1S/C24H33NO2/c1-18(25-16-19-7-11-21(12-8-19)24(2,3)4)20-9-13-22(14-10-20)27-17-23-6-5-15-26-23/h7-14,18,23,25H,5-6,15-17H2,1-4H3. The molecule has 0 saturated carbocycles. The number of hydrogen-bond acceptors (Lipinski definition) is 3. The van der Waals surface area contributed by atoms with Crippen LogP contribution < -0.4 is 10.1 Å². The van der Waals surface area contributed by atoms with Crippen molar-refractivity contribution in [3.63, 3.8) is 0 Å². The SMILES string of the molecule is CC(NCc1ccc(C(C)(C)C)cc1)c1ccc(OCC2CCCO2)cc1. The van der Waals surface area contributed by atoms with E-state index in [1.165, 1.54) is 16.7 Å². The molecule has 1 aliphatic heterocycles. The Labute approximate surface area is 164 Å². The van der Waals surface area contributed by atoms with E-state index in [1.54, 1.807) is 0 Å². The smallest absolute Gasteiger partial charge is 0.119 e. The summed E-state index contributed by atoms with van der Waals surface area (Å²) < 4.78 is 11.4. The molecule has 0 aromatic heterocycles. The van der Waals surface area contributed by atoms with Crippen LogP contribution in [-0.4, -0.2) is 19.3 Å². The Balaban J connectivity index is 1.48. The van der Waals surface area contributed by atoms with Gasteiger partial charge in [-0.3, -0.25) is 0 Å². The van der Waals surface area contributed by atoms with E-state index in [1.807, 2.05) is 0 Å². The lowest BCUT2D eigenvalue weighted by atomic mass is 9.87. The highest BCUT2D eigenvalue weighted by atomic mass is 16.5. The molecule has 27 heavy (non-hydrogen) atoms. The molecule has 3 nitrogen and oxygen atoms in total. The van der Waals surface area contributed by atoms with Gasteiger partial charge in [-0.1, -0.05) is 57.2 Å². The molecule has 3 rings (SSSR count). The summed E-state index contributed by atoms with van der Waals surface area (Å²) in [4.78, 5) is 0. The lowest BCUT2D eigenvalue weighted by Gasteiger charge is -2.20. The monoisotopic (exact) mass is 367 g/mol. The van der Waals surface area contributed by atoms with Gasteiger partial charge in [0.25, 0.3) is 0 Å². The van der Waals surface area contributed by atoms with Crippen molar-refractivity contribution in [2.24, 2.45) is 0 Å². The third-order valence-corrected chi connectivity index (χ3v) is 5.27. The molecule has 0 amide bonds. The molecule has 0 spiro atoms. The average Bonchev–Trinajstić information content (AvgIpc) is 3.18. The van der Waals surface area contributed by atoms with Crippen LogP contribution in [0.25, 0.3) is 0 Å². The van der Waals surface area contributed by atoms with Gasteiger partial charge in [0.05, 0.1) is 6.10 Å². The third-order valence-electron chi connectivity index (χ3n) is 5.27. The summed E-state index contributed by atoms with van der Waals surface area (Å²) >= 11 is 0. The first kappa shape index (κ1) is 19.9. The number of hydrogen-bond donors (Lipinski definition) is 1. The van der Waals surface area contributed by atoms with Gasteiger partial charge < -0.3 is 14.8 Å². The Bertz CT molecular complexity index is 695. The van der Waals surface area contributed by atoms with Crippen molar-refractivity contribution in [3.05, 3.63) is 65.2 Å². The van der Waals surface area contributed by atoms with Gasteiger partial charge in [-0.15, -0.1) is 0 Å². The molecule has 2 aromatic carbocycles. The van der Waals surface area contributed by atoms with E-state index in [0.717, 1.165) is 31.7 Å². The molecule has 2 aromatic rings. The Morgan fingerprint density at radius 1 is 1.07 bits per heavy atom. The van der Waals surface area contributed by atoms with Crippen molar-refractivity contribution in [1.29, 1.82) is 0 Å². The third kappa shape index (κ3) is 5.82. The van der Waals surface area contributed by atoms with Crippen molar-refractivity contribution >= 4 is 0 Å². The number of benzene rings is 2. The maximum Gasteiger partial charge on any atom is 0.119 e. The largest absolute Gasteiger partial charge is 0.491 e. The van der Waals surface area contributed by atoms with Crippen LogP contribution in [0.2, 0.25) is 0 Å². The Kier molecular flexibility index (Phi) is 6.56. The first-order valence-electron chi connectivity index (χ1n) is 10.1. The van der Waals surface area contributed by atoms with Gasteiger partial charge in [-0.05, 0) is 54.0 Å². The van der Waals surface area contributed by atoms with Crippen molar-refractivity contribution in [1.82, 2.24) is 5.32 Å². The summed E-state index contributed by atoms with van der Waals surface area (Å²) in [5.41, 5.74) is 4.16. The van der Waals surface area contributed by atoms with Crippen molar-refractivity contribution in [2.75, 3.05) is 13.2 Å². The van der Waals surface area contributed by atoms with Crippen LogP contribution in [0.1, 0.15) is 63.3 Å². The average molecular weight is 368 g/mol. The Hall–Kier alpha value is -1.84. The molecular formula is C24H33NO2. The fraction of sp³-hybridized carbons (Fsp3) is 0.500. The van der Waals surface area contributed by atoms with Gasteiger partial charge in [-0.25, -0.2) is 0 Å². The van der Waals surface area contributed by atoms with E-state index in [9.17, 15) is 0 Å². The summed E-state index contributed by atoms with van der Waals surface area (Å²) in [5.74, 6) is 0.916. The van der Waals surface area contributed by atoms with Crippen LogP contribution in [-0.2, 0) is 16.7 Å². The van der Waals surface area contributed by atoms with Crippen molar-refractivity contribution < 1.29 is 9.47 Å². The number of ether oxygens (including phenoxy) is 2. The lowest BCUT2D eigenvalue weighted by Crippen LogP contribution is -2.18. The fourth-order valence-electron chi connectivity index (χ4n) is 3.33. The van der Waals surface area contributed by atoms with Crippen LogP contribution >= 0.6 is 0 Å². The molecule has 0 radical (unpaired) electrons. The summed E-state index contributed by atoms with van der Waals surface area (Å²) in [5, 5.41) is 3.61. The number of nitrogens with one attached hydrogen (secondary N) is 1. The second-order valence-corrected chi connectivity index (χ2v) is 8.56. The predicted octanol–water partition coefficient (Wildman–Crippen LogP) is 5.39. The molecule has 1 aliphatic rings. The van der Waals surface area contributed by atoms with E-state index in [-0.39, 0.29) is 11.5 Å². The molecule has 2 atom stereocenters. The first-order chi connectivity index (χ1) is 12.9. The van der Waals surface area contributed by atoms with Gasteiger partial charge >= 0.3 is 0 Å². The van der Waals surface area contributed by atoms with Crippen LogP contribution in [0, 0.1) is 0 Å². The van der Waals surface area contributed by atoms with E-state index in [4.69, 9.17) is 9.47 Å². The molecule has 0 bridgehead atoms. The zero-order valence-electron chi connectivity index (χ0n) is 17.1. The molecule has 2 unspecified atom stereocenters. The minimum atomic E-state index is 0.201. The zero-order valence-corrected chi connectivity index (χ0v) is 17.1. The predicted molar refractivity (Wildman–Crippen MR) is 111 cm³/mol. The minimum Gasteiger partial charge on any atom is -0.491 e. The van der Waals surface area contributed by atoms with E-state index < -0.39 is 0 Å². The highest BCUT2D eigenvalue weighted by molar-refractivity contribution is 5.30. The molecule has 1 fully saturated rings. The van der Waals surface area contributed by atoms with Crippen LogP contribution in [0.4, 0.5) is 0 Å². The summed E-state index contributed by atoms with van der Waals surface area (Å²) in [6.07, 6.45) is 2.51. The molecule has 1 N–H and O–H groups in total. The second-order valence-electron chi connectivity index (χ2n) is 8.56. The molecular weight excluding hydrogens is 334 g/mol. The van der Waals surface area contributed by atoms with Gasteiger partial charge in [0.1, 0.15) is 12.4 Å². The van der Waals surface area contributed by atoms with Gasteiger partial charge in [0.2, 0.25) is 0 Å². The van der Waals surface area contributed by atoms with Gasteiger partial charge in [0, 0.05) is 19.2 Å².